The molecule has 16 heavy (non-hydrogen) atoms. The van der Waals surface area contributed by atoms with Gasteiger partial charge in [0, 0.05) is 5.92 Å². The van der Waals surface area contributed by atoms with Gasteiger partial charge in [0.15, 0.2) is 5.78 Å². The van der Waals surface area contributed by atoms with Gasteiger partial charge in [-0.05, 0) is 49.0 Å². The molecule has 0 bridgehead atoms. The van der Waals surface area contributed by atoms with Gasteiger partial charge in [0.1, 0.15) is 5.76 Å². The Balaban J connectivity index is 1.85. The van der Waals surface area contributed by atoms with E-state index < -0.39 is 0 Å². The summed E-state index contributed by atoms with van der Waals surface area (Å²) >= 11 is 0. The van der Waals surface area contributed by atoms with Gasteiger partial charge in [0.25, 0.3) is 0 Å². The average molecular weight is 216 g/mol. The number of carbonyl (C=O) groups is 1. The van der Waals surface area contributed by atoms with Gasteiger partial charge < -0.3 is 4.42 Å². The van der Waals surface area contributed by atoms with Crippen LogP contribution in [0, 0.1) is 11.8 Å². The minimum absolute atomic E-state index is 0.315. The quantitative estimate of drug-likeness (QED) is 0.673. The molecule has 0 aromatic carbocycles. The molecule has 0 radical (unpaired) electrons. The van der Waals surface area contributed by atoms with Crippen LogP contribution in [-0.4, -0.2) is 5.78 Å². The number of carbonyl (C=O) groups excluding carboxylic acids is 1. The van der Waals surface area contributed by atoms with E-state index in [1.807, 2.05) is 18.2 Å². The fourth-order valence-electron chi connectivity index (χ4n) is 3.09. The Kier molecular flexibility index (Phi) is 2.43. The monoisotopic (exact) mass is 216 g/mol. The Morgan fingerprint density at radius 2 is 2.19 bits per heavy atom. The lowest BCUT2D eigenvalue weighted by Crippen LogP contribution is -2.18. The van der Waals surface area contributed by atoms with E-state index in [1.54, 1.807) is 6.26 Å². The van der Waals surface area contributed by atoms with Gasteiger partial charge in [0.05, 0.1) is 6.26 Å². The molecule has 2 heteroatoms. The van der Waals surface area contributed by atoms with Crippen LogP contribution in [0.25, 0.3) is 6.08 Å². The first-order valence-electron chi connectivity index (χ1n) is 6.13. The van der Waals surface area contributed by atoms with Crippen LogP contribution in [0.3, 0.4) is 0 Å². The molecule has 0 saturated heterocycles. The van der Waals surface area contributed by atoms with Crippen LogP contribution in [0.15, 0.2) is 28.4 Å². The Bertz CT molecular complexity index is 414. The predicted octanol–water partition coefficient (Wildman–Crippen LogP) is 3.44. The largest absolute Gasteiger partial charge is 0.465 e. The van der Waals surface area contributed by atoms with E-state index in [2.05, 4.69) is 0 Å². The number of Topliss-reactive ketones (excluding diaryl/α,β-unsaturated/α-hetero) is 1. The third-order valence-corrected chi connectivity index (χ3v) is 3.90. The third-order valence-electron chi connectivity index (χ3n) is 3.90. The van der Waals surface area contributed by atoms with Crippen LogP contribution < -0.4 is 0 Å². The summed E-state index contributed by atoms with van der Waals surface area (Å²) in [5.74, 6) is 2.11. The summed E-state index contributed by atoms with van der Waals surface area (Å²) in [4.78, 5) is 12.2. The van der Waals surface area contributed by atoms with Gasteiger partial charge in [-0.15, -0.1) is 0 Å². The molecular formula is C14H16O2. The van der Waals surface area contributed by atoms with Gasteiger partial charge >= 0.3 is 0 Å². The van der Waals surface area contributed by atoms with Gasteiger partial charge in [-0.2, -0.15) is 0 Å². The van der Waals surface area contributed by atoms with Crippen molar-refractivity contribution in [2.75, 3.05) is 0 Å². The second kappa shape index (κ2) is 3.93. The molecule has 2 atom stereocenters. The lowest BCUT2D eigenvalue weighted by Gasteiger charge is -2.22. The van der Waals surface area contributed by atoms with Crippen molar-refractivity contribution in [2.24, 2.45) is 11.8 Å². The van der Waals surface area contributed by atoms with Crippen molar-refractivity contribution in [3.63, 3.8) is 0 Å². The third kappa shape index (κ3) is 1.62. The summed E-state index contributed by atoms with van der Waals surface area (Å²) in [6.45, 7) is 0. The maximum absolute atomic E-state index is 12.2. The lowest BCUT2D eigenvalue weighted by atomic mass is 9.81. The molecule has 0 N–H and O–H groups in total. The van der Waals surface area contributed by atoms with Crippen molar-refractivity contribution in [2.45, 2.75) is 32.1 Å². The van der Waals surface area contributed by atoms with E-state index in [-0.39, 0.29) is 0 Å². The Labute approximate surface area is 95.3 Å². The molecule has 1 aromatic heterocycles. The first-order chi connectivity index (χ1) is 7.84. The maximum atomic E-state index is 12.2. The molecule has 2 saturated carbocycles. The summed E-state index contributed by atoms with van der Waals surface area (Å²) in [6, 6.07) is 3.77. The molecule has 1 aromatic rings. The SMILES string of the molecule is O=C1C(=Cc2ccco2)CC2CCCCC12. The van der Waals surface area contributed by atoms with E-state index in [4.69, 9.17) is 4.42 Å². The molecule has 84 valence electrons. The fraction of sp³-hybridized carbons (Fsp3) is 0.500. The summed E-state index contributed by atoms with van der Waals surface area (Å²) in [7, 11) is 0. The number of allylic oxidation sites excluding steroid dienone is 1. The smallest absolute Gasteiger partial charge is 0.162 e. The number of furan rings is 1. The Morgan fingerprint density at radius 3 is 2.94 bits per heavy atom. The molecule has 2 nitrogen and oxygen atoms in total. The highest BCUT2D eigenvalue weighted by molar-refractivity contribution is 6.03. The normalized spacial score (nSPS) is 32.0. The highest BCUT2D eigenvalue weighted by atomic mass is 16.3. The average Bonchev–Trinajstić information content (AvgIpc) is 2.90. The zero-order valence-corrected chi connectivity index (χ0v) is 9.32. The van der Waals surface area contributed by atoms with Gasteiger partial charge in [0.2, 0.25) is 0 Å². The number of fused-ring (bicyclic) bond motifs is 1. The number of rotatable bonds is 1. The molecule has 0 aliphatic heterocycles. The maximum Gasteiger partial charge on any atom is 0.162 e. The minimum atomic E-state index is 0.315. The number of hydrogen-bond acceptors (Lipinski definition) is 2. The first kappa shape index (κ1) is 9.88. The van der Waals surface area contributed by atoms with Crippen molar-refractivity contribution < 1.29 is 9.21 Å². The van der Waals surface area contributed by atoms with E-state index >= 15 is 0 Å². The number of ketones is 1. The second-order valence-corrected chi connectivity index (χ2v) is 4.90. The van der Waals surface area contributed by atoms with Crippen molar-refractivity contribution >= 4 is 11.9 Å². The van der Waals surface area contributed by atoms with E-state index in [9.17, 15) is 4.79 Å². The molecule has 0 amide bonds. The molecule has 2 unspecified atom stereocenters. The summed E-state index contributed by atoms with van der Waals surface area (Å²) in [5, 5.41) is 0. The van der Waals surface area contributed by atoms with Crippen LogP contribution in [0.4, 0.5) is 0 Å². The van der Waals surface area contributed by atoms with Crippen molar-refractivity contribution in [1.82, 2.24) is 0 Å². The molecule has 2 aliphatic rings. The number of hydrogen-bond donors (Lipinski definition) is 0. The molecule has 3 rings (SSSR count). The minimum Gasteiger partial charge on any atom is -0.465 e. The van der Waals surface area contributed by atoms with Crippen LogP contribution in [-0.2, 0) is 4.79 Å². The van der Waals surface area contributed by atoms with Crippen molar-refractivity contribution in [3.05, 3.63) is 29.7 Å². The Hall–Kier alpha value is -1.31. The first-order valence-corrected chi connectivity index (χ1v) is 6.13. The zero-order valence-electron chi connectivity index (χ0n) is 9.32. The van der Waals surface area contributed by atoms with Crippen molar-refractivity contribution in [3.8, 4) is 0 Å². The van der Waals surface area contributed by atoms with E-state index in [0.717, 1.165) is 24.2 Å². The van der Waals surface area contributed by atoms with E-state index in [0.29, 0.717) is 17.6 Å². The zero-order chi connectivity index (χ0) is 11.0. The lowest BCUT2D eigenvalue weighted by molar-refractivity contribution is -0.119. The standard InChI is InChI=1S/C14H16O2/c15-14-11(9-12-5-3-7-16-12)8-10-4-1-2-6-13(10)14/h3,5,7,9-10,13H,1-2,4,6,8H2. The highest BCUT2D eigenvalue weighted by Gasteiger charge is 2.39. The molecular weight excluding hydrogens is 200 g/mol. The predicted molar refractivity (Wildman–Crippen MR) is 61.8 cm³/mol. The highest BCUT2D eigenvalue weighted by Crippen LogP contribution is 2.42. The molecule has 1 heterocycles. The van der Waals surface area contributed by atoms with Crippen LogP contribution >= 0.6 is 0 Å². The van der Waals surface area contributed by atoms with Gasteiger partial charge in [-0.25, -0.2) is 0 Å². The fourth-order valence-corrected chi connectivity index (χ4v) is 3.09. The van der Waals surface area contributed by atoms with Crippen LogP contribution in [0.5, 0.6) is 0 Å². The summed E-state index contributed by atoms with van der Waals surface area (Å²) in [5.41, 5.74) is 0.979. The molecule has 2 fully saturated rings. The molecule has 2 aliphatic carbocycles. The Morgan fingerprint density at radius 1 is 1.31 bits per heavy atom. The van der Waals surface area contributed by atoms with Gasteiger partial charge in [-0.1, -0.05) is 12.8 Å². The van der Waals surface area contributed by atoms with Crippen molar-refractivity contribution in [1.29, 1.82) is 0 Å². The summed E-state index contributed by atoms with van der Waals surface area (Å²) < 4.78 is 5.27. The topological polar surface area (TPSA) is 30.2 Å². The van der Waals surface area contributed by atoms with Crippen LogP contribution in [0.1, 0.15) is 37.9 Å². The second-order valence-electron chi connectivity index (χ2n) is 4.90. The molecule has 0 spiro atoms. The van der Waals surface area contributed by atoms with E-state index in [1.165, 1.54) is 19.3 Å². The summed E-state index contributed by atoms with van der Waals surface area (Å²) in [6.07, 6.45) is 9.39. The van der Waals surface area contributed by atoms with Gasteiger partial charge in [-0.3, -0.25) is 4.79 Å². The van der Waals surface area contributed by atoms with Crippen LogP contribution in [0.2, 0.25) is 0 Å².